The molecule has 0 fully saturated rings. The van der Waals surface area contributed by atoms with Gasteiger partial charge in [-0.3, -0.25) is 4.99 Å². The van der Waals surface area contributed by atoms with Crippen LogP contribution in [0.4, 0.5) is 13.2 Å². The molecular weight excluding hydrogens is 321 g/mol. The van der Waals surface area contributed by atoms with Crippen molar-refractivity contribution in [3.05, 3.63) is 22.8 Å². The molecule has 0 radical (unpaired) electrons. The van der Waals surface area contributed by atoms with Gasteiger partial charge >= 0.3 is 6.18 Å². The third-order valence-corrected chi connectivity index (χ3v) is 2.69. The number of aliphatic imine (C=N–C) groups is 1. The van der Waals surface area contributed by atoms with E-state index < -0.39 is 11.7 Å². The van der Waals surface area contributed by atoms with Crippen molar-refractivity contribution >= 4 is 17.6 Å². The fourth-order valence-electron chi connectivity index (χ4n) is 1.47. The van der Waals surface area contributed by atoms with Crippen LogP contribution < -0.4 is 15.4 Å². The monoisotopic (exact) mass is 338 g/mol. The van der Waals surface area contributed by atoms with Crippen molar-refractivity contribution < 1.29 is 17.9 Å². The van der Waals surface area contributed by atoms with E-state index in [9.17, 15) is 13.2 Å². The highest BCUT2D eigenvalue weighted by atomic mass is 35.5. The van der Waals surface area contributed by atoms with Crippen molar-refractivity contribution in [1.29, 1.82) is 0 Å². The van der Waals surface area contributed by atoms with Gasteiger partial charge in [-0.15, -0.1) is 0 Å². The third kappa shape index (κ3) is 5.97. The van der Waals surface area contributed by atoms with Gasteiger partial charge in [-0.1, -0.05) is 11.6 Å². The molecule has 0 aliphatic carbocycles. The molecule has 124 valence electrons. The van der Waals surface area contributed by atoms with E-state index in [1.165, 1.54) is 0 Å². The first kappa shape index (κ1) is 18.3. The van der Waals surface area contributed by atoms with Crippen LogP contribution in [0.5, 0.6) is 5.88 Å². The summed E-state index contributed by atoms with van der Waals surface area (Å²) in [6.45, 7) is 4.51. The van der Waals surface area contributed by atoms with Crippen LogP contribution in [0, 0.1) is 0 Å². The van der Waals surface area contributed by atoms with Crippen molar-refractivity contribution in [2.24, 2.45) is 4.99 Å². The lowest BCUT2D eigenvalue weighted by molar-refractivity contribution is -0.137. The minimum atomic E-state index is -4.48. The van der Waals surface area contributed by atoms with E-state index in [-0.39, 0.29) is 23.6 Å². The van der Waals surface area contributed by atoms with Crippen LogP contribution in [-0.2, 0) is 6.18 Å². The summed E-state index contributed by atoms with van der Waals surface area (Å²) in [5.74, 6) is 0.563. The quantitative estimate of drug-likeness (QED) is 0.492. The van der Waals surface area contributed by atoms with Crippen molar-refractivity contribution in [1.82, 2.24) is 15.6 Å². The Morgan fingerprint density at radius 3 is 2.64 bits per heavy atom. The number of hydrogen-bond donors (Lipinski definition) is 2. The number of aromatic nitrogens is 1. The maximum atomic E-state index is 12.5. The van der Waals surface area contributed by atoms with E-state index in [0.717, 1.165) is 6.07 Å². The predicted molar refractivity (Wildman–Crippen MR) is 79.4 cm³/mol. The highest BCUT2D eigenvalue weighted by molar-refractivity contribution is 6.31. The van der Waals surface area contributed by atoms with E-state index in [4.69, 9.17) is 16.3 Å². The Morgan fingerprint density at radius 2 is 2.14 bits per heavy atom. The molecule has 1 aromatic heterocycles. The number of guanidine groups is 1. The highest BCUT2D eigenvalue weighted by Gasteiger charge is 2.31. The molecule has 1 rings (SSSR count). The van der Waals surface area contributed by atoms with E-state index >= 15 is 0 Å². The van der Waals surface area contributed by atoms with Crippen molar-refractivity contribution in [3.8, 4) is 5.88 Å². The topological polar surface area (TPSA) is 58.5 Å². The summed E-state index contributed by atoms with van der Waals surface area (Å²) >= 11 is 5.73. The van der Waals surface area contributed by atoms with E-state index in [1.54, 1.807) is 7.05 Å². The summed E-state index contributed by atoms with van der Waals surface area (Å²) in [5, 5.41) is 5.89. The summed E-state index contributed by atoms with van der Waals surface area (Å²) in [4.78, 5) is 7.58. The van der Waals surface area contributed by atoms with Crippen LogP contribution in [0.3, 0.4) is 0 Å². The molecule has 0 amide bonds. The summed E-state index contributed by atoms with van der Waals surface area (Å²) in [7, 11) is 1.63. The Kier molecular flexibility index (Phi) is 6.73. The number of ether oxygens (including phenoxy) is 1. The second-order valence-corrected chi connectivity index (χ2v) is 5.06. The first-order valence-corrected chi connectivity index (χ1v) is 6.94. The van der Waals surface area contributed by atoms with Gasteiger partial charge in [0, 0.05) is 19.3 Å². The Balaban J connectivity index is 2.49. The van der Waals surface area contributed by atoms with Crippen LogP contribution in [-0.4, -0.2) is 37.2 Å². The number of nitrogens with one attached hydrogen (secondary N) is 2. The second kappa shape index (κ2) is 8.07. The molecule has 0 bridgehead atoms. The minimum absolute atomic E-state index is 0.0386. The van der Waals surface area contributed by atoms with Gasteiger partial charge in [0.1, 0.15) is 11.6 Å². The molecule has 1 heterocycles. The van der Waals surface area contributed by atoms with Gasteiger partial charge in [0.25, 0.3) is 0 Å². The zero-order chi connectivity index (χ0) is 16.8. The number of pyridine rings is 1. The molecular formula is C13H18ClF3N4O. The fraction of sp³-hybridized carbons (Fsp3) is 0.538. The molecule has 9 heteroatoms. The lowest BCUT2D eigenvalue weighted by Gasteiger charge is -2.15. The molecule has 0 unspecified atom stereocenters. The van der Waals surface area contributed by atoms with Crippen molar-refractivity contribution in [2.75, 3.05) is 20.2 Å². The highest BCUT2D eigenvalue weighted by Crippen LogP contribution is 2.32. The average molecular weight is 339 g/mol. The molecule has 0 aliphatic rings. The first-order chi connectivity index (χ1) is 10.2. The SMILES string of the molecule is CN=C(NCCOc1ncc(C(F)(F)F)cc1Cl)NC(C)C. The normalized spacial score (nSPS) is 12.5. The van der Waals surface area contributed by atoms with Crippen LogP contribution in [0.1, 0.15) is 19.4 Å². The zero-order valence-electron chi connectivity index (χ0n) is 12.5. The molecule has 0 aromatic carbocycles. The van der Waals surface area contributed by atoms with Gasteiger partial charge in [-0.25, -0.2) is 4.98 Å². The molecule has 0 saturated carbocycles. The van der Waals surface area contributed by atoms with Crippen molar-refractivity contribution in [2.45, 2.75) is 26.1 Å². The standard InChI is InChI=1S/C13H18ClF3N4O/c1-8(2)21-12(18-3)19-4-5-22-11-10(14)6-9(7-20-11)13(15,16)17/h6-8H,4-5H2,1-3H3,(H2,18,19,21). The predicted octanol–water partition coefficient (Wildman–Crippen LogP) is 2.71. The maximum absolute atomic E-state index is 12.5. The van der Waals surface area contributed by atoms with Gasteiger partial charge < -0.3 is 15.4 Å². The molecule has 1 aromatic rings. The van der Waals surface area contributed by atoms with Crippen LogP contribution >= 0.6 is 11.6 Å². The first-order valence-electron chi connectivity index (χ1n) is 6.56. The Morgan fingerprint density at radius 1 is 1.45 bits per heavy atom. The molecule has 0 spiro atoms. The molecule has 0 aliphatic heterocycles. The smallest absolute Gasteiger partial charge is 0.417 e. The minimum Gasteiger partial charge on any atom is -0.475 e. The lowest BCUT2D eigenvalue weighted by Crippen LogP contribution is -2.42. The second-order valence-electron chi connectivity index (χ2n) is 4.66. The average Bonchev–Trinajstić information content (AvgIpc) is 2.42. The Hall–Kier alpha value is -1.70. The van der Waals surface area contributed by atoms with Gasteiger partial charge in [-0.2, -0.15) is 13.2 Å². The van der Waals surface area contributed by atoms with Gasteiger partial charge in [-0.05, 0) is 19.9 Å². The molecule has 22 heavy (non-hydrogen) atoms. The Bertz CT molecular complexity index is 520. The summed E-state index contributed by atoms with van der Waals surface area (Å²) in [5.41, 5.74) is -0.912. The van der Waals surface area contributed by atoms with Crippen molar-refractivity contribution in [3.63, 3.8) is 0 Å². The number of nitrogens with zero attached hydrogens (tertiary/aromatic N) is 2. The number of hydrogen-bond acceptors (Lipinski definition) is 3. The number of alkyl halides is 3. The van der Waals surface area contributed by atoms with E-state index in [2.05, 4.69) is 20.6 Å². The third-order valence-electron chi connectivity index (χ3n) is 2.42. The molecule has 2 N–H and O–H groups in total. The largest absolute Gasteiger partial charge is 0.475 e. The Labute approximate surface area is 131 Å². The van der Waals surface area contributed by atoms with Crippen LogP contribution in [0.2, 0.25) is 5.02 Å². The maximum Gasteiger partial charge on any atom is 0.417 e. The lowest BCUT2D eigenvalue weighted by atomic mass is 10.3. The van der Waals surface area contributed by atoms with Gasteiger partial charge in [0.2, 0.25) is 5.88 Å². The molecule has 5 nitrogen and oxygen atoms in total. The van der Waals surface area contributed by atoms with E-state index in [1.807, 2.05) is 13.8 Å². The summed E-state index contributed by atoms with van der Waals surface area (Å²) in [6, 6.07) is 1.01. The number of rotatable bonds is 5. The van der Waals surface area contributed by atoms with Crippen LogP contribution in [0.15, 0.2) is 17.3 Å². The van der Waals surface area contributed by atoms with Gasteiger partial charge in [0.15, 0.2) is 5.96 Å². The summed E-state index contributed by atoms with van der Waals surface area (Å²) < 4.78 is 42.7. The fourth-order valence-corrected chi connectivity index (χ4v) is 1.69. The summed E-state index contributed by atoms with van der Waals surface area (Å²) in [6.07, 6.45) is -3.79. The molecule has 0 atom stereocenters. The number of halogens is 4. The molecule has 0 saturated heterocycles. The zero-order valence-corrected chi connectivity index (χ0v) is 13.2. The van der Waals surface area contributed by atoms with Gasteiger partial charge in [0.05, 0.1) is 12.1 Å². The van der Waals surface area contributed by atoms with Crippen LogP contribution in [0.25, 0.3) is 0 Å². The van der Waals surface area contributed by atoms with E-state index in [0.29, 0.717) is 18.7 Å².